The van der Waals surface area contributed by atoms with Crippen molar-refractivity contribution in [2.75, 3.05) is 13.2 Å². The third kappa shape index (κ3) is 3.76. The first-order chi connectivity index (χ1) is 15.6. The van der Waals surface area contributed by atoms with Crippen LogP contribution in [-0.2, 0) is 11.8 Å². The summed E-state index contributed by atoms with van der Waals surface area (Å²) in [6.45, 7) is 0.773. The van der Waals surface area contributed by atoms with Gasteiger partial charge in [0.15, 0.2) is 6.61 Å². The van der Waals surface area contributed by atoms with E-state index in [4.69, 9.17) is 16.3 Å². The average Bonchev–Trinajstić information content (AvgIpc) is 3.41. The van der Waals surface area contributed by atoms with Crippen LogP contribution in [0.1, 0.15) is 24.6 Å². The standard InChI is InChI=1S/C27H25ClN2O2/c1-29-23-15-14-20(28)17-22(23)26(19-9-4-2-5-10-19)27(29)24-13-8-16-30(24)25(31)18-32-21-11-6-3-7-12-21/h2-7,9-12,14-15,17,24H,8,13,16,18H2,1H3. The minimum atomic E-state index is -0.00625. The normalized spacial score (nSPS) is 15.9. The summed E-state index contributed by atoms with van der Waals surface area (Å²) in [5, 5.41) is 1.82. The van der Waals surface area contributed by atoms with Gasteiger partial charge in [0, 0.05) is 40.8 Å². The van der Waals surface area contributed by atoms with Crippen LogP contribution in [0, 0.1) is 0 Å². The molecular weight excluding hydrogens is 420 g/mol. The lowest BCUT2D eigenvalue weighted by Crippen LogP contribution is -2.35. The van der Waals surface area contributed by atoms with Gasteiger partial charge in [-0.3, -0.25) is 4.79 Å². The van der Waals surface area contributed by atoms with E-state index in [2.05, 4.69) is 29.8 Å². The fraction of sp³-hybridized carbons (Fsp3) is 0.222. The second kappa shape index (κ2) is 8.71. The minimum absolute atomic E-state index is 0.00625. The summed E-state index contributed by atoms with van der Waals surface area (Å²) in [5.74, 6) is 0.722. The smallest absolute Gasteiger partial charge is 0.261 e. The molecule has 1 fully saturated rings. The van der Waals surface area contributed by atoms with Gasteiger partial charge >= 0.3 is 0 Å². The molecule has 1 saturated heterocycles. The number of hydrogen-bond donors (Lipinski definition) is 0. The molecule has 1 atom stereocenters. The molecule has 162 valence electrons. The van der Waals surface area contributed by atoms with Gasteiger partial charge in [0.2, 0.25) is 0 Å². The van der Waals surface area contributed by atoms with Crippen molar-refractivity contribution in [1.29, 1.82) is 0 Å². The summed E-state index contributed by atoms with van der Waals surface area (Å²) >= 11 is 6.39. The maximum atomic E-state index is 13.2. The Morgan fingerprint density at radius 1 is 1.03 bits per heavy atom. The first-order valence-corrected chi connectivity index (χ1v) is 11.3. The summed E-state index contributed by atoms with van der Waals surface area (Å²) in [6, 6.07) is 25.9. The molecule has 0 N–H and O–H groups in total. The van der Waals surface area contributed by atoms with Crippen LogP contribution in [0.5, 0.6) is 5.75 Å². The van der Waals surface area contributed by atoms with Crippen LogP contribution in [0.3, 0.4) is 0 Å². The lowest BCUT2D eigenvalue weighted by Gasteiger charge is -2.27. The SMILES string of the molecule is Cn1c(C2CCCN2C(=O)COc2ccccc2)c(-c2ccccc2)c2cc(Cl)ccc21. The molecule has 1 unspecified atom stereocenters. The molecule has 0 spiro atoms. The highest BCUT2D eigenvalue weighted by Gasteiger charge is 2.35. The Bertz CT molecular complexity index is 1250. The van der Waals surface area contributed by atoms with Crippen LogP contribution in [0.4, 0.5) is 0 Å². The monoisotopic (exact) mass is 444 g/mol. The number of ether oxygens (including phenoxy) is 1. The Kier molecular flexibility index (Phi) is 5.62. The predicted octanol–water partition coefficient (Wildman–Crippen LogP) is 6.24. The Morgan fingerprint density at radius 2 is 1.75 bits per heavy atom. The van der Waals surface area contributed by atoms with E-state index < -0.39 is 0 Å². The number of rotatable bonds is 5. The van der Waals surface area contributed by atoms with Crippen LogP contribution >= 0.6 is 11.6 Å². The second-order valence-electron chi connectivity index (χ2n) is 8.19. The Labute approximate surface area is 193 Å². The number of amides is 1. The molecular formula is C27H25ClN2O2. The van der Waals surface area contributed by atoms with E-state index in [0.29, 0.717) is 10.8 Å². The summed E-state index contributed by atoms with van der Waals surface area (Å²) in [5.41, 5.74) is 4.55. The first-order valence-electron chi connectivity index (χ1n) is 10.9. The largest absolute Gasteiger partial charge is 0.484 e. The van der Waals surface area contributed by atoms with Crippen molar-refractivity contribution < 1.29 is 9.53 Å². The molecule has 0 radical (unpaired) electrons. The third-order valence-corrected chi connectivity index (χ3v) is 6.50. The summed E-state index contributed by atoms with van der Waals surface area (Å²) < 4.78 is 7.99. The van der Waals surface area contributed by atoms with Crippen molar-refractivity contribution in [1.82, 2.24) is 9.47 Å². The number of nitrogens with zero attached hydrogens (tertiary/aromatic N) is 2. The molecule has 1 aromatic heterocycles. The minimum Gasteiger partial charge on any atom is -0.484 e. The fourth-order valence-corrected chi connectivity index (χ4v) is 5.00. The van der Waals surface area contributed by atoms with Crippen molar-refractivity contribution in [3.8, 4) is 16.9 Å². The third-order valence-electron chi connectivity index (χ3n) is 6.26. The van der Waals surface area contributed by atoms with Crippen molar-refractivity contribution in [2.24, 2.45) is 7.05 Å². The number of aryl methyl sites for hydroxylation is 1. The Balaban J connectivity index is 1.54. The molecule has 3 aromatic carbocycles. The Morgan fingerprint density at radius 3 is 2.50 bits per heavy atom. The van der Waals surface area contributed by atoms with E-state index in [1.807, 2.05) is 65.6 Å². The van der Waals surface area contributed by atoms with E-state index in [0.717, 1.165) is 47.1 Å². The van der Waals surface area contributed by atoms with Crippen LogP contribution in [0.25, 0.3) is 22.0 Å². The zero-order chi connectivity index (χ0) is 22.1. The second-order valence-corrected chi connectivity index (χ2v) is 8.63. The highest BCUT2D eigenvalue weighted by atomic mass is 35.5. The molecule has 32 heavy (non-hydrogen) atoms. The molecule has 4 aromatic rings. The van der Waals surface area contributed by atoms with Gasteiger partial charge in [0.25, 0.3) is 5.91 Å². The van der Waals surface area contributed by atoms with Crippen molar-refractivity contribution in [2.45, 2.75) is 18.9 Å². The van der Waals surface area contributed by atoms with Gasteiger partial charge < -0.3 is 14.2 Å². The van der Waals surface area contributed by atoms with Crippen LogP contribution < -0.4 is 4.74 Å². The van der Waals surface area contributed by atoms with E-state index in [-0.39, 0.29) is 18.6 Å². The van der Waals surface area contributed by atoms with E-state index >= 15 is 0 Å². The highest BCUT2D eigenvalue weighted by Crippen LogP contribution is 2.43. The molecule has 5 rings (SSSR count). The number of halogens is 1. The summed E-state index contributed by atoms with van der Waals surface area (Å²) in [7, 11) is 2.08. The number of aromatic nitrogens is 1. The van der Waals surface area contributed by atoms with Gasteiger partial charge in [-0.25, -0.2) is 0 Å². The van der Waals surface area contributed by atoms with Gasteiger partial charge in [0.05, 0.1) is 6.04 Å². The fourth-order valence-electron chi connectivity index (χ4n) is 4.83. The quantitative estimate of drug-likeness (QED) is 0.365. The molecule has 0 aliphatic carbocycles. The van der Waals surface area contributed by atoms with Gasteiger partial charge in [-0.2, -0.15) is 0 Å². The van der Waals surface area contributed by atoms with Crippen LogP contribution in [-0.4, -0.2) is 28.5 Å². The molecule has 1 aliphatic heterocycles. The first kappa shape index (κ1) is 20.7. The highest BCUT2D eigenvalue weighted by molar-refractivity contribution is 6.31. The van der Waals surface area contributed by atoms with E-state index in [1.54, 1.807) is 0 Å². The number of carbonyl (C=O) groups is 1. The van der Waals surface area contributed by atoms with E-state index in [1.165, 1.54) is 0 Å². The molecule has 0 bridgehead atoms. The maximum Gasteiger partial charge on any atom is 0.261 e. The number of hydrogen-bond acceptors (Lipinski definition) is 2. The van der Waals surface area contributed by atoms with E-state index in [9.17, 15) is 4.79 Å². The predicted molar refractivity (Wildman–Crippen MR) is 129 cm³/mol. The van der Waals surface area contributed by atoms with Crippen molar-refractivity contribution in [3.05, 3.63) is 89.6 Å². The van der Waals surface area contributed by atoms with Gasteiger partial charge in [-0.05, 0) is 48.7 Å². The summed E-state index contributed by atoms with van der Waals surface area (Å²) in [6.07, 6.45) is 1.90. The van der Waals surface area contributed by atoms with Crippen molar-refractivity contribution in [3.63, 3.8) is 0 Å². The lowest BCUT2D eigenvalue weighted by molar-refractivity contribution is -0.134. The van der Waals surface area contributed by atoms with Gasteiger partial charge in [0.1, 0.15) is 5.75 Å². The maximum absolute atomic E-state index is 13.2. The zero-order valence-electron chi connectivity index (χ0n) is 18.0. The van der Waals surface area contributed by atoms with Crippen molar-refractivity contribution >= 4 is 28.4 Å². The molecule has 5 heteroatoms. The number of fused-ring (bicyclic) bond motifs is 1. The van der Waals surface area contributed by atoms with Gasteiger partial charge in [-0.1, -0.05) is 60.1 Å². The molecule has 1 aliphatic rings. The lowest BCUT2D eigenvalue weighted by atomic mass is 9.97. The molecule has 1 amide bonds. The number of likely N-dealkylation sites (tertiary alicyclic amines) is 1. The molecule has 0 saturated carbocycles. The topological polar surface area (TPSA) is 34.5 Å². The number of benzene rings is 3. The number of carbonyl (C=O) groups excluding carboxylic acids is 1. The number of para-hydroxylation sites is 1. The summed E-state index contributed by atoms with van der Waals surface area (Å²) in [4.78, 5) is 15.2. The van der Waals surface area contributed by atoms with Gasteiger partial charge in [-0.15, -0.1) is 0 Å². The zero-order valence-corrected chi connectivity index (χ0v) is 18.8. The van der Waals surface area contributed by atoms with Crippen LogP contribution in [0.15, 0.2) is 78.9 Å². The molecule has 4 nitrogen and oxygen atoms in total. The van der Waals surface area contributed by atoms with Crippen LogP contribution in [0.2, 0.25) is 5.02 Å². The molecule has 2 heterocycles. The average molecular weight is 445 g/mol. The Hall–Kier alpha value is -3.24.